The Morgan fingerprint density at radius 1 is 1.22 bits per heavy atom. The van der Waals surface area contributed by atoms with Crippen LogP contribution in [0.5, 0.6) is 0 Å². The molecular weight excluding hydrogens is 418 g/mol. The lowest BCUT2D eigenvalue weighted by Gasteiger charge is -2.14. The van der Waals surface area contributed by atoms with E-state index in [1.807, 2.05) is 25.3 Å². The molecule has 0 amide bonds. The van der Waals surface area contributed by atoms with Crippen molar-refractivity contribution in [2.75, 3.05) is 11.9 Å². The van der Waals surface area contributed by atoms with Gasteiger partial charge in [0.15, 0.2) is 5.82 Å². The third kappa shape index (κ3) is 4.88. The molecule has 3 heterocycles. The van der Waals surface area contributed by atoms with E-state index in [0.717, 1.165) is 59.4 Å². The average molecular weight is 446 g/mol. The second kappa shape index (κ2) is 9.20. The van der Waals surface area contributed by atoms with E-state index >= 15 is 0 Å². The minimum absolute atomic E-state index is 0.350. The quantitative estimate of drug-likeness (QED) is 0.294. The molecule has 1 aliphatic rings. The van der Waals surface area contributed by atoms with E-state index in [0.29, 0.717) is 11.8 Å². The second-order valence-corrected chi connectivity index (χ2v) is 9.67. The molecular formula is C25H27N5OS. The normalized spacial score (nSPS) is 14.5. The molecule has 1 unspecified atom stereocenters. The molecule has 4 aromatic rings. The molecule has 3 aromatic heterocycles. The van der Waals surface area contributed by atoms with Crippen molar-refractivity contribution in [3.8, 4) is 11.1 Å². The lowest BCUT2D eigenvalue weighted by atomic mass is 10.0. The van der Waals surface area contributed by atoms with Gasteiger partial charge in [0, 0.05) is 25.1 Å². The van der Waals surface area contributed by atoms with Crippen molar-refractivity contribution in [2.24, 2.45) is 5.92 Å². The van der Waals surface area contributed by atoms with E-state index in [4.69, 9.17) is 4.52 Å². The Balaban J connectivity index is 1.16. The van der Waals surface area contributed by atoms with Crippen molar-refractivity contribution in [2.45, 2.75) is 44.9 Å². The van der Waals surface area contributed by atoms with Crippen LogP contribution in [0, 0.1) is 12.8 Å². The van der Waals surface area contributed by atoms with Crippen LogP contribution in [0.4, 0.5) is 5.82 Å². The maximum atomic E-state index is 5.38. The molecule has 5 rings (SSSR count). The maximum Gasteiger partial charge on any atom is 0.226 e. The molecule has 1 fully saturated rings. The Bertz CT molecular complexity index is 1230. The van der Waals surface area contributed by atoms with Crippen LogP contribution in [0.3, 0.4) is 0 Å². The van der Waals surface area contributed by atoms with Crippen LogP contribution < -0.4 is 5.32 Å². The summed E-state index contributed by atoms with van der Waals surface area (Å²) in [4.78, 5) is 13.6. The lowest BCUT2D eigenvalue weighted by Crippen LogP contribution is -2.13. The zero-order valence-electron chi connectivity index (χ0n) is 18.3. The number of fused-ring (bicyclic) bond motifs is 1. The van der Waals surface area contributed by atoms with Crippen LogP contribution in [-0.4, -0.2) is 26.7 Å². The number of aryl methyl sites for hydroxylation is 2. The van der Waals surface area contributed by atoms with Crippen LogP contribution in [0.25, 0.3) is 21.3 Å². The first-order chi connectivity index (χ1) is 15.7. The highest BCUT2D eigenvalue weighted by Gasteiger charge is 2.28. The highest BCUT2D eigenvalue weighted by Crippen LogP contribution is 2.38. The highest BCUT2D eigenvalue weighted by atomic mass is 32.1. The molecule has 32 heavy (non-hydrogen) atoms. The fourth-order valence-electron chi connectivity index (χ4n) is 3.86. The third-order valence-electron chi connectivity index (χ3n) is 5.86. The first-order valence-corrected chi connectivity index (χ1v) is 12.0. The van der Waals surface area contributed by atoms with Crippen molar-refractivity contribution in [1.82, 2.24) is 20.1 Å². The predicted molar refractivity (Wildman–Crippen MR) is 129 cm³/mol. The molecule has 1 N–H and O–H groups in total. The first-order valence-electron chi connectivity index (χ1n) is 11.2. The van der Waals surface area contributed by atoms with Gasteiger partial charge in [-0.15, -0.1) is 17.9 Å². The number of anilines is 1. The summed E-state index contributed by atoms with van der Waals surface area (Å²) < 4.78 is 6.59. The number of rotatable bonds is 10. The van der Waals surface area contributed by atoms with E-state index < -0.39 is 0 Å². The summed E-state index contributed by atoms with van der Waals surface area (Å²) >= 11 is 1.73. The lowest BCUT2D eigenvalue weighted by molar-refractivity contribution is 0.367. The monoisotopic (exact) mass is 445 g/mol. The maximum absolute atomic E-state index is 5.38. The number of nitrogens with zero attached hydrogens (tertiary/aromatic N) is 4. The zero-order chi connectivity index (χ0) is 21.9. The van der Waals surface area contributed by atoms with Crippen molar-refractivity contribution >= 4 is 27.4 Å². The number of benzene rings is 1. The van der Waals surface area contributed by atoms with E-state index in [-0.39, 0.29) is 0 Å². The average Bonchev–Trinajstić information content (AvgIpc) is 3.43. The van der Waals surface area contributed by atoms with Gasteiger partial charge in [-0.3, -0.25) is 0 Å². The number of hydrogen-bond acceptors (Lipinski definition) is 7. The standard InChI is InChI=1S/C25H27N5OS/c1-3-17(5-4-6-24-29-25(30-31-24)18-7-8-18)15-27-23-14-20(11-12-26-23)19-9-10-21-22(13-19)32-16(2)28-21/h3,9-14,17-18H,1,4-8,15H2,2H3,(H,26,27). The molecule has 1 atom stereocenters. The van der Waals surface area contributed by atoms with Crippen LogP contribution in [-0.2, 0) is 6.42 Å². The Kier molecular flexibility index (Phi) is 5.99. The van der Waals surface area contributed by atoms with Crippen molar-refractivity contribution in [3.05, 3.63) is 65.9 Å². The molecule has 1 aromatic carbocycles. The third-order valence-corrected chi connectivity index (χ3v) is 6.79. The van der Waals surface area contributed by atoms with Crippen LogP contribution in [0.15, 0.2) is 53.7 Å². The minimum atomic E-state index is 0.350. The van der Waals surface area contributed by atoms with Gasteiger partial charge in [0.1, 0.15) is 5.82 Å². The van der Waals surface area contributed by atoms with Gasteiger partial charge >= 0.3 is 0 Å². The number of hydrogen-bond donors (Lipinski definition) is 1. The SMILES string of the molecule is C=CC(CCCc1nc(C2CC2)no1)CNc1cc(-c2ccc3nc(C)sc3c2)ccn1. The van der Waals surface area contributed by atoms with E-state index in [9.17, 15) is 0 Å². The molecule has 0 spiro atoms. The van der Waals surface area contributed by atoms with E-state index in [1.165, 1.54) is 23.1 Å². The summed E-state index contributed by atoms with van der Waals surface area (Å²) in [6, 6.07) is 10.6. The summed E-state index contributed by atoms with van der Waals surface area (Å²) in [7, 11) is 0. The van der Waals surface area contributed by atoms with Gasteiger partial charge in [-0.25, -0.2) is 9.97 Å². The zero-order valence-corrected chi connectivity index (χ0v) is 19.1. The fourth-order valence-corrected chi connectivity index (χ4v) is 4.72. The molecule has 164 valence electrons. The largest absolute Gasteiger partial charge is 0.369 e. The van der Waals surface area contributed by atoms with Gasteiger partial charge in [-0.05, 0) is 73.9 Å². The van der Waals surface area contributed by atoms with Crippen LogP contribution in [0.1, 0.15) is 48.3 Å². The van der Waals surface area contributed by atoms with Gasteiger partial charge in [0.2, 0.25) is 5.89 Å². The Labute approximate surface area is 191 Å². The van der Waals surface area contributed by atoms with Crippen LogP contribution >= 0.6 is 11.3 Å². The Hall–Kier alpha value is -3.06. The highest BCUT2D eigenvalue weighted by molar-refractivity contribution is 7.18. The van der Waals surface area contributed by atoms with Gasteiger partial charge in [-0.1, -0.05) is 17.3 Å². The molecule has 0 radical (unpaired) electrons. The molecule has 0 bridgehead atoms. The molecule has 0 saturated heterocycles. The number of thiazole rings is 1. The summed E-state index contributed by atoms with van der Waals surface area (Å²) in [6.45, 7) is 6.85. The summed E-state index contributed by atoms with van der Waals surface area (Å²) in [5, 5.41) is 8.66. The second-order valence-electron chi connectivity index (χ2n) is 8.43. The minimum Gasteiger partial charge on any atom is -0.369 e. The van der Waals surface area contributed by atoms with Crippen molar-refractivity contribution < 1.29 is 4.52 Å². The summed E-state index contributed by atoms with van der Waals surface area (Å²) in [6.07, 6.45) is 9.08. The van der Waals surface area contributed by atoms with Crippen molar-refractivity contribution in [3.63, 3.8) is 0 Å². The predicted octanol–water partition coefficient (Wildman–Crippen LogP) is 6.16. The molecule has 1 aliphatic carbocycles. The number of aromatic nitrogens is 4. The van der Waals surface area contributed by atoms with Gasteiger partial charge in [0.05, 0.1) is 15.2 Å². The Morgan fingerprint density at radius 2 is 2.09 bits per heavy atom. The number of nitrogens with one attached hydrogen (secondary N) is 1. The smallest absolute Gasteiger partial charge is 0.226 e. The molecule has 7 heteroatoms. The van der Waals surface area contributed by atoms with Gasteiger partial charge < -0.3 is 9.84 Å². The topological polar surface area (TPSA) is 76.7 Å². The molecule has 1 saturated carbocycles. The van der Waals surface area contributed by atoms with Crippen LogP contribution in [0.2, 0.25) is 0 Å². The summed E-state index contributed by atoms with van der Waals surface area (Å²) in [5.74, 6) is 3.40. The van der Waals surface area contributed by atoms with Crippen molar-refractivity contribution in [1.29, 1.82) is 0 Å². The van der Waals surface area contributed by atoms with E-state index in [1.54, 1.807) is 11.3 Å². The first kappa shape index (κ1) is 20.8. The van der Waals surface area contributed by atoms with Gasteiger partial charge in [-0.2, -0.15) is 4.98 Å². The fraction of sp³-hybridized carbons (Fsp3) is 0.360. The number of pyridine rings is 1. The van der Waals surface area contributed by atoms with E-state index in [2.05, 4.69) is 56.3 Å². The summed E-state index contributed by atoms with van der Waals surface area (Å²) in [5.41, 5.74) is 3.38. The molecule has 0 aliphatic heterocycles. The Morgan fingerprint density at radius 3 is 2.94 bits per heavy atom. The van der Waals surface area contributed by atoms with Gasteiger partial charge in [0.25, 0.3) is 0 Å². The molecule has 6 nitrogen and oxygen atoms in total.